The summed E-state index contributed by atoms with van der Waals surface area (Å²) >= 11 is 0. The van der Waals surface area contributed by atoms with E-state index in [0.29, 0.717) is 29.9 Å². The number of ether oxygens (including phenoxy) is 1. The summed E-state index contributed by atoms with van der Waals surface area (Å²) in [7, 11) is 0. The molecule has 1 saturated heterocycles. The van der Waals surface area contributed by atoms with Gasteiger partial charge in [0.25, 0.3) is 0 Å². The molecule has 3 heterocycles. The van der Waals surface area contributed by atoms with Crippen LogP contribution >= 0.6 is 0 Å². The van der Waals surface area contributed by atoms with Gasteiger partial charge in [-0.05, 0) is 18.1 Å². The Hall–Kier alpha value is -2.00. The van der Waals surface area contributed by atoms with E-state index in [0.717, 1.165) is 5.56 Å². The van der Waals surface area contributed by atoms with Gasteiger partial charge in [-0.3, -0.25) is 9.79 Å². The van der Waals surface area contributed by atoms with Crippen LogP contribution in [-0.4, -0.2) is 62.8 Å². The Balaban J connectivity index is 1.85. The summed E-state index contributed by atoms with van der Waals surface area (Å²) in [4.78, 5) is 16.9. The summed E-state index contributed by atoms with van der Waals surface area (Å²) in [5.41, 5.74) is 8.50. The zero-order valence-electron chi connectivity index (χ0n) is 12.2. The summed E-state index contributed by atoms with van der Waals surface area (Å²) < 4.78 is 7.06. The third kappa shape index (κ3) is 1.93. The van der Waals surface area contributed by atoms with Crippen molar-refractivity contribution in [3.63, 3.8) is 0 Å². The number of allylic oxidation sites excluding steroid dienone is 2. The molecule has 1 aliphatic carbocycles. The van der Waals surface area contributed by atoms with Crippen molar-refractivity contribution in [1.82, 2.24) is 4.57 Å². The van der Waals surface area contributed by atoms with Crippen molar-refractivity contribution in [2.75, 3.05) is 13.2 Å². The first-order valence-corrected chi connectivity index (χ1v) is 7.45. The molecule has 5 N–H and O–H groups in total. The van der Waals surface area contributed by atoms with Gasteiger partial charge in [-0.25, -0.2) is 0 Å². The van der Waals surface area contributed by atoms with Crippen LogP contribution in [0.1, 0.15) is 27.8 Å². The highest BCUT2D eigenvalue weighted by Crippen LogP contribution is 2.36. The van der Waals surface area contributed by atoms with Crippen LogP contribution in [-0.2, 0) is 11.2 Å². The molecule has 1 aromatic heterocycles. The smallest absolute Gasteiger partial charge is 0.225 e. The van der Waals surface area contributed by atoms with E-state index < -0.39 is 31.1 Å². The first kappa shape index (κ1) is 14.6. The third-order valence-electron chi connectivity index (χ3n) is 4.59. The zero-order chi connectivity index (χ0) is 16.3. The van der Waals surface area contributed by atoms with Crippen molar-refractivity contribution in [2.45, 2.75) is 31.0 Å². The van der Waals surface area contributed by atoms with Crippen LogP contribution in [0.5, 0.6) is 0 Å². The van der Waals surface area contributed by atoms with Gasteiger partial charge in [-0.1, -0.05) is 0 Å². The van der Waals surface area contributed by atoms with Crippen molar-refractivity contribution in [3.05, 3.63) is 34.8 Å². The van der Waals surface area contributed by atoms with E-state index in [9.17, 15) is 20.1 Å². The first-order chi connectivity index (χ1) is 11.0. The molecule has 4 rings (SSSR count). The monoisotopic (exact) mass is 319 g/mol. The molecule has 3 aliphatic rings. The van der Waals surface area contributed by atoms with Crippen LogP contribution in [0.15, 0.2) is 23.0 Å². The van der Waals surface area contributed by atoms with E-state index in [4.69, 9.17) is 10.5 Å². The lowest BCUT2D eigenvalue weighted by molar-refractivity contribution is -0.0532. The molecule has 0 saturated carbocycles. The Bertz CT molecular complexity index is 751. The van der Waals surface area contributed by atoms with Crippen molar-refractivity contribution in [2.24, 2.45) is 10.7 Å². The molecule has 1 aromatic rings. The lowest BCUT2D eigenvalue weighted by Gasteiger charge is -2.22. The molecular weight excluding hydrogens is 302 g/mol. The minimum Gasteiger partial charge on any atom is -0.395 e. The minimum absolute atomic E-state index is 0.0794. The number of hydrogen-bond acceptors (Lipinski definition) is 7. The van der Waals surface area contributed by atoms with Crippen LogP contribution < -0.4 is 5.73 Å². The molecule has 2 aliphatic heterocycles. The number of aliphatic hydroxyl groups excluding tert-OH is 3. The number of aliphatic imine (C=N–C) groups is 1. The molecule has 0 spiro atoms. The fourth-order valence-corrected chi connectivity index (χ4v) is 3.44. The predicted octanol–water partition coefficient (Wildman–Crippen LogP) is -1.52. The largest absolute Gasteiger partial charge is 0.395 e. The van der Waals surface area contributed by atoms with Crippen LogP contribution in [0.25, 0.3) is 0 Å². The minimum atomic E-state index is -1.25. The summed E-state index contributed by atoms with van der Waals surface area (Å²) in [5, 5.41) is 29.4. The molecule has 23 heavy (non-hydrogen) atoms. The Morgan fingerprint density at radius 2 is 2.17 bits per heavy atom. The predicted molar refractivity (Wildman–Crippen MR) is 79.2 cm³/mol. The Kier molecular flexibility index (Phi) is 3.17. The van der Waals surface area contributed by atoms with Gasteiger partial charge in [0.2, 0.25) is 5.78 Å². The normalized spacial score (nSPS) is 32.6. The molecule has 8 nitrogen and oxygen atoms in total. The zero-order valence-corrected chi connectivity index (χ0v) is 12.2. The molecule has 0 bridgehead atoms. The van der Waals surface area contributed by atoms with Crippen molar-refractivity contribution >= 4 is 11.5 Å². The number of rotatable bonds is 2. The summed E-state index contributed by atoms with van der Waals surface area (Å²) in [6.45, 7) is 0.174. The second kappa shape index (κ2) is 5.00. The standard InChI is InChI=1S/C15H17N3O5/c16-7-3-8-10-6(1-2-17-8)4-18(11(10)12(7)20)15-14(22)13(21)9(5-19)23-15/h3-4,9,13-15,19,21-22H,1-2,5,16H2. The quantitative estimate of drug-likeness (QED) is 0.524. The molecule has 0 radical (unpaired) electrons. The number of carbonyl (C=O) groups excluding carboxylic acids is 1. The number of aliphatic hydroxyl groups is 3. The van der Waals surface area contributed by atoms with Crippen LogP contribution in [0.3, 0.4) is 0 Å². The second-order valence-corrected chi connectivity index (χ2v) is 5.96. The molecule has 0 amide bonds. The van der Waals surface area contributed by atoms with Gasteiger partial charge in [-0.15, -0.1) is 0 Å². The lowest BCUT2D eigenvalue weighted by Crippen LogP contribution is -2.34. The van der Waals surface area contributed by atoms with Crippen molar-refractivity contribution in [3.8, 4) is 0 Å². The van der Waals surface area contributed by atoms with Gasteiger partial charge in [0.15, 0.2) is 6.23 Å². The molecule has 8 heteroatoms. The fourth-order valence-electron chi connectivity index (χ4n) is 3.44. The van der Waals surface area contributed by atoms with E-state index >= 15 is 0 Å². The average Bonchev–Trinajstić information content (AvgIpc) is 3.05. The van der Waals surface area contributed by atoms with E-state index in [1.165, 1.54) is 4.57 Å². The fraction of sp³-hybridized carbons (Fsp3) is 0.467. The van der Waals surface area contributed by atoms with Gasteiger partial charge in [0.05, 0.1) is 18.0 Å². The lowest BCUT2D eigenvalue weighted by atomic mass is 9.92. The highest BCUT2D eigenvalue weighted by atomic mass is 16.6. The average molecular weight is 319 g/mol. The topological polar surface area (TPSA) is 130 Å². The Morgan fingerprint density at radius 1 is 1.39 bits per heavy atom. The molecule has 0 aromatic carbocycles. The number of aromatic nitrogens is 1. The van der Waals surface area contributed by atoms with E-state index in [1.54, 1.807) is 12.3 Å². The van der Waals surface area contributed by atoms with Crippen LogP contribution in [0.4, 0.5) is 0 Å². The molecule has 4 atom stereocenters. The Labute approximate surface area is 131 Å². The SMILES string of the molecule is NC1=CC2=NCCc3cn(C4OC(CO)C(O)C4O)c(c32)C1=O. The number of nitrogens with zero attached hydrogens (tertiary/aromatic N) is 2. The van der Waals surface area contributed by atoms with Gasteiger partial charge in [-0.2, -0.15) is 0 Å². The van der Waals surface area contributed by atoms with Crippen LogP contribution in [0.2, 0.25) is 0 Å². The number of hydrogen-bond donors (Lipinski definition) is 4. The molecule has 4 unspecified atom stereocenters. The second-order valence-electron chi connectivity index (χ2n) is 5.96. The number of Topliss-reactive ketones (excluding diaryl/α,β-unsaturated/α-hetero) is 1. The highest BCUT2D eigenvalue weighted by molar-refractivity contribution is 6.26. The highest BCUT2D eigenvalue weighted by Gasteiger charge is 2.45. The maximum atomic E-state index is 12.5. The number of ketones is 1. The van der Waals surface area contributed by atoms with Gasteiger partial charge in [0.1, 0.15) is 24.0 Å². The van der Waals surface area contributed by atoms with Crippen molar-refractivity contribution < 1.29 is 24.9 Å². The Morgan fingerprint density at radius 3 is 2.87 bits per heavy atom. The molecular formula is C15H17N3O5. The molecule has 1 fully saturated rings. The van der Waals surface area contributed by atoms with E-state index in [2.05, 4.69) is 4.99 Å². The van der Waals surface area contributed by atoms with Crippen molar-refractivity contribution in [1.29, 1.82) is 0 Å². The molecule has 122 valence electrons. The van der Waals surface area contributed by atoms with E-state index in [-0.39, 0.29) is 11.5 Å². The van der Waals surface area contributed by atoms with Gasteiger partial charge >= 0.3 is 0 Å². The summed E-state index contributed by atoms with van der Waals surface area (Å²) in [6.07, 6.45) is -0.359. The van der Waals surface area contributed by atoms with Gasteiger partial charge < -0.3 is 30.4 Å². The number of nitrogens with two attached hydrogens (primary N) is 1. The summed E-state index contributed by atoms with van der Waals surface area (Å²) in [6, 6.07) is 0. The first-order valence-electron chi connectivity index (χ1n) is 7.45. The summed E-state index contributed by atoms with van der Waals surface area (Å²) in [5.74, 6) is -0.357. The van der Waals surface area contributed by atoms with Crippen LogP contribution in [0, 0.1) is 0 Å². The third-order valence-corrected chi connectivity index (χ3v) is 4.59. The maximum absolute atomic E-state index is 12.5. The van der Waals surface area contributed by atoms with Gasteiger partial charge in [0, 0.05) is 18.3 Å². The maximum Gasteiger partial charge on any atom is 0.225 e. The van der Waals surface area contributed by atoms with E-state index in [1.807, 2.05) is 0 Å². The number of carbonyl (C=O) groups is 1.